The lowest BCUT2D eigenvalue weighted by atomic mass is 9.77. The van der Waals surface area contributed by atoms with Crippen molar-refractivity contribution in [2.45, 2.75) is 44.0 Å². The third kappa shape index (κ3) is 3.68. The molecule has 0 radical (unpaired) electrons. The van der Waals surface area contributed by atoms with Gasteiger partial charge in [-0.15, -0.1) is 0 Å². The van der Waals surface area contributed by atoms with Crippen molar-refractivity contribution in [1.82, 2.24) is 19.4 Å². The molecule has 0 aliphatic carbocycles. The van der Waals surface area contributed by atoms with Crippen LogP contribution in [0.15, 0.2) is 48.7 Å². The zero-order valence-corrected chi connectivity index (χ0v) is 19.1. The van der Waals surface area contributed by atoms with Crippen LogP contribution in [-0.2, 0) is 29.8 Å². The van der Waals surface area contributed by atoms with Gasteiger partial charge in [-0.25, -0.2) is 9.78 Å². The van der Waals surface area contributed by atoms with Crippen molar-refractivity contribution in [2.75, 3.05) is 6.54 Å². The number of halogens is 1. The fourth-order valence-electron chi connectivity index (χ4n) is 5.07. The van der Waals surface area contributed by atoms with Gasteiger partial charge in [-0.3, -0.25) is 9.47 Å². The molecule has 0 saturated heterocycles. The second-order valence-electron chi connectivity index (χ2n) is 8.94. The molecule has 10 nitrogen and oxygen atoms in total. The maximum absolute atomic E-state index is 13.1. The van der Waals surface area contributed by atoms with Gasteiger partial charge >= 0.3 is 17.8 Å². The van der Waals surface area contributed by atoms with E-state index in [4.69, 9.17) is 16.3 Å². The molecular formula is C23H22ClN5O5. The van der Waals surface area contributed by atoms with Crippen LogP contribution in [0.3, 0.4) is 0 Å². The minimum absolute atomic E-state index is 0.104. The molecule has 34 heavy (non-hydrogen) atoms. The summed E-state index contributed by atoms with van der Waals surface area (Å²) in [6, 6.07) is 12.8. The Morgan fingerprint density at radius 3 is 2.74 bits per heavy atom. The number of pyridine rings is 1. The molecule has 2 aromatic heterocycles. The summed E-state index contributed by atoms with van der Waals surface area (Å²) < 4.78 is 7.62. The number of carboxylic acid groups (broad SMARTS) is 1. The highest BCUT2D eigenvalue weighted by Crippen LogP contribution is 2.44. The van der Waals surface area contributed by atoms with E-state index in [1.54, 1.807) is 10.6 Å². The Labute approximate surface area is 199 Å². The molecule has 2 atom stereocenters. The van der Waals surface area contributed by atoms with Gasteiger partial charge in [0.15, 0.2) is 0 Å². The number of nitrogens with zero attached hydrogens (tertiary/aromatic N) is 5. The molecule has 176 valence electrons. The van der Waals surface area contributed by atoms with E-state index < -0.39 is 22.0 Å². The Hall–Kier alpha value is -3.50. The number of hydrogen-bond donors (Lipinski definition) is 1. The van der Waals surface area contributed by atoms with Crippen molar-refractivity contribution >= 4 is 23.4 Å². The maximum Gasteiger partial charge on any atom is 0.414 e. The summed E-state index contributed by atoms with van der Waals surface area (Å²) >= 11 is 6.06. The number of aromatic nitrogens is 3. The van der Waals surface area contributed by atoms with Gasteiger partial charge in [-0.2, -0.15) is 0 Å². The Kier molecular flexibility index (Phi) is 5.29. The van der Waals surface area contributed by atoms with Crippen molar-refractivity contribution in [1.29, 1.82) is 0 Å². The molecule has 4 heterocycles. The topological polar surface area (TPSA) is 124 Å². The third-order valence-corrected chi connectivity index (χ3v) is 6.76. The van der Waals surface area contributed by atoms with E-state index in [0.29, 0.717) is 30.2 Å². The smallest absolute Gasteiger partial charge is 0.414 e. The predicted octanol–water partition coefficient (Wildman–Crippen LogP) is 3.42. The van der Waals surface area contributed by atoms with Crippen LogP contribution < -0.4 is 4.74 Å². The van der Waals surface area contributed by atoms with Crippen LogP contribution in [0, 0.1) is 10.1 Å². The first-order chi connectivity index (χ1) is 16.2. The first kappa shape index (κ1) is 22.3. The SMILES string of the molecule is C[C@]1(CC(C(=O)O)(c2ccccc2)N2CCc3nc(Cl)ccc3C2)Cn2cc([N+](=O)[O-])nc2O1. The molecule has 0 saturated carbocycles. The summed E-state index contributed by atoms with van der Waals surface area (Å²) in [5.41, 5.74) is 0.0615. The average molecular weight is 484 g/mol. The molecule has 2 aliphatic heterocycles. The van der Waals surface area contributed by atoms with Crippen LogP contribution in [0.2, 0.25) is 5.15 Å². The molecule has 0 fully saturated rings. The van der Waals surface area contributed by atoms with Gasteiger partial charge in [0, 0.05) is 36.6 Å². The van der Waals surface area contributed by atoms with Crippen LogP contribution in [0.5, 0.6) is 6.01 Å². The number of nitro groups is 1. The number of benzene rings is 1. The van der Waals surface area contributed by atoms with Crippen molar-refractivity contribution < 1.29 is 19.6 Å². The average Bonchev–Trinajstić information content (AvgIpc) is 3.33. The molecule has 1 aromatic carbocycles. The number of aliphatic carboxylic acids is 1. The molecule has 0 spiro atoms. The van der Waals surface area contributed by atoms with Crippen LogP contribution >= 0.6 is 11.6 Å². The molecular weight excluding hydrogens is 462 g/mol. The van der Waals surface area contributed by atoms with Gasteiger partial charge < -0.3 is 20.0 Å². The maximum atomic E-state index is 13.1. The van der Waals surface area contributed by atoms with E-state index in [1.165, 1.54) is 6.20 Å². The van der Waals surface area contributed by atoms with Gasteiger partial charge in [-0.05, 0) is 29.0 Å². The summed E-state index contributed by atoms with van der Waals surface area (Å²) in [5, 5.41) is 22.2. The Balaban J connectivity index is 1.54. The first-order valence-electron chi connectivity index (χ1n) is 10.8. The number of carboxylic acids is 1. The highest BCUT2D eigenvalue weighted by molar-refractivity contribution is 6.29. The lowest BCUT2D eigenvalue weighted by Gasteiger charge is -2.46. The molecule has 1 N–H and O–H groups in total. The van der Waals surface area contributed by atoms with E-state index in [0.717, 1.165) is 11.3 Å². The second-order valence-corrected chi connectivity index (χ2v) is 9.33. The summed E-state index contributed by atoms with van der Waals surface area (Å²) in [5.74, 6) is -1.30. The fourth-order valence-corrected chi connectivity index (χ4v) is 5.24. The molecule has 0 amide bonds. The molecule has 5 rings (SSSR count). The summed E-state index contributed by atoms with van der Waals surface area (Å²) in [4.78, 5) is 33.9. The first-order valence-corrected chi connectivity index (χ1v) is 11.2. The van der Waals surface area contributed by atoms with Crippen molar-refractivity contribution in [3.63, 3.8) is 0 Å². The minimum Gasteiger partial charge on any atom is -0.480 e. The Morgan fingerprint density at radius 2 is 2.06 bits per heavy atom. The molecule has 0 bridgehead atoms. The van der Waals surface area contributed by atoms with E-state index >= 15 is 0 Å². The van der Waals surface area contributed by atoms with E-state index in [2.05, 4.69) is 9.97 Å². The van der Waals surface area contributed by atoms with Crippen molar-refractivity contribution in [3.05, 3.63) is 80.7 Å². The lowest BCUT2D eigenvalue weighted by molar-refractivity contribution is -0.389. The zero-order valence-electron chi connectivity index (χ0n) is 18.3. The Morgan fingerprint density at radius 1 is 1.29 bits per heavy atom. The fraction of sp³-hybridized carbons (Fsp3) is 0.348. The number of fused-ring (bicyclic) bond motifs is 2. The van der Waals surface area contributed by atoms with E-state index in [9.17, 15) is 20.0 Å². The van der Waals surface area contributed by atoms with Gasteiger partial charge in [0.05, 0.1) is 6.54 Å². The highest BCUT2D eigenvalue weighted by atomic mass is 35.5. The monoisotopic (exact) mass is 483 g/mol. The number of rotatable bonds is 6. The quantitative estimate of drug-likeness (QED) is 0.321. The van der Waals surface area contributed by atoms with Crippen LogP contribution in [0.4, 0.5) is 5.82 Å². The molecule has 3 aromatic rings. The van der Waals surface area contributed by atoms with Crippen LogP contribution in [-0.4, -0.2) is 47.6 Å². The van der Waals surface area contributed by atoms with Crippen LogP contribution in [0.25, 0.3) is 0 Å². The normalized spacial score (nSPS) is 21.2. The van der Waals surface area contributed by atoms with Gasteiger partial charge in [0.25, 0.3) is 0 Å². The number of imidazole rings is 1. The lowest BCUT2D eigenvalue weighted by Crippen LogP contribution is -2.58. The number of carbonyl (C=O) groups is 1. The molecule has 1 unspecified atom stereocenters. The molecule has 2 aliphatic rings. The highest BCUT2D eigenvalue weighted by Gasteiger charge is 2.54. The summed E-state index contributed by atoms with van der Waals surface area (Å²) in [6.07, 6.45) is 1.98. The second kappa shape index (κ2) is 8.07. The minimum atomic E-state index is -1.41. The largest absolute Gasteiger partial charge is 0.480 e. The van der Waals surface area contributed by atoms with Crippen LogP contribution in [0.1, 0.15) is 30.2 Å². The third-order valence-electron chi connectivity index (χ3n) is 6.55. The zero-order chi connectivity index (χ0) is 24.1. The summed E-state index contributed by atoms with van der Waals surface area (Å²) in [7, 11) is 0. The van der Waals surface area contributed by atoms with Gasteiger partial charge in [0.1, 0.15) is 22.5 Å². The van der Waals surface area contributed by atoms with E-state index in [1.807, 2.05) is 48.2 Å². The van der Waals surface area contributed by atoms with Gasteiger partial charge in [-0.1, -0.05) is 48.0 Å². The molecule has 11 heteroatoms. The van der Waals surface area contributed by atoms with Gasteiger partial charge in [0.2, 0.25) is 0 Å². The van der Waals surface area contributed by atoms with Crippen molar-refractivity contribution in [2.24, 2.45) is 0 Å². The number of hydrogen-bond acceptors (Lipinski definition) is 7. The Bertz CT molecular complexity index is 1260. The summed E-state index contributed by atoms with van der Waals surface area (Å²) in [6.45, 7) is 2.90. The standard InChI is InChI=1S/C23H22ClN5O5/c1-22(14-27-12-19(29(32)33)26-21(27)34-22)13-23(20(30)31,16-5-3-2-4-6-16)28-10-9-17-15(11-28)7-8-18(24)25-17/h2-8,12H,9-11,13-14H2,1H3,(H,30,31)/t22-,23?/m0/s1. The number of ether oxygens (including phenoxy) is 1. The van der Waals surface area contributed by atoms with E-state index in [-0.39, 0.29) is 24.8 Å². The predicted molar refractivity (Wildman–Crippen MR) is 122 cm³/mol. The van der Waals surface area contributed by atoms with Crippen molar-refractivity contribution in [3.8, 4) is 6.01 Å².